The van der Waals surface area contributed by atoms with E-state index in [9.17, 15) is 4.79 Å². The molecule has 2 aromatic carbocycles. The first-order valence-corrected chi connectivity index (χ1v) is 16.0. The van der Waals surface area contributed by atoms with Gasteiger partial charge in [0, 0.05) is 18.4 Å². The van der Waals surface area contributed by atoms with E-state index in [0.29, 0.717) is 17.9 Å². The van der Waals surface area contributed by atoms with E-state index in [-0.39, 0.29) is 11.3 Å². The van der Waals surface area contributed by atoms with Gasteiger partial charge in [-0.3, -0.25) is 4.79 Å². The zero-order chi connectivity index (χ0) is 28.1. The molecule has 1 aliphatic heterocycles. The van der Waals surface area contributed by atoms with Crippen molar-refractivity contribution in [2.45, 2.75) is 111 Å². The van der Waals surface area contributed by atoms with Crippen LogP contribution in [-0.4, -0.2) is 23.3 Å². The van der Waals surface area contributed by atoms with E-state index in [1.165, 1.54) is 73.8 Å². The molecule has 5 heteroatoms. The highest BCUT2D eigenvalue weighted by Gasteiger charge is 2.20. The van der Waals surface area contributed by atoms with Crippen LogP contribution >= 0.6 is 11.8 Å². The van der Waals surface area contributed by atoms with Crippen LogP contribution in [-0.2, 0) is 12.0 Å². The second kappa shape index (κ2) is 16.0. The summed E-state index contributed by atoms with van der Waals surface area (Å²) < 4.78 is 6.25. The average molecular weight is 551 g/mol. The van der Waals surface area contributed by atoms with Crippen LogP contribution in [0.15, 0.2) is 53.6 Å². The number of hydrogen-bond acceptors (Lipinski definition) is 4. The molecule has 0 bridgehead atoms. The van der Waals surface area contributed by atoms with E-state index >= 15 is 0 Å². The molecule has 1 amide bonds. The molecule has 0 fully saturated rings. The Balaban J connectivity index is 1.55. The average Bonchev–Trinajstić information content (AvgIpc) is 3.31. The van der Waals surface area contributed by atoms with Gasteiger partial charge in [-0.05, 0) is 59.1 Å². The third-order valence-corrected chi connectivity index (χ3v) is 8.26. The van der Waals surface area contributed by atoms with E-state index in [0.717, 1.165) is 24.5 Å². The van der Waals surface area contributed by atoms with E-state index in [1.807, 2.05) is 30.0 Å². The molecule has 0 spiro atoms. The van der Waals surface area contributed by atoms with Gasteiger partial charge in [0.15, 0.2) is 0 Å². The predicted molar refractivity (Wildman–Crippen MR) is 169 cm³/mol. The zero-order valence-corrected chi connectivity index (χ0v) is 25.8. The molecule has 1 aliphatic rings. The van der Waals surface area contributed by atoms with Crippen molar-refractivity contribution in [3.05, 3.63) is 70.3 Å². The number of unbranched alkanes of at least 4 members (excludes halogenated alkanes) is 9. The molecule has 0 unspecified atom stereocenters. The Morgan fingerprint density at radius 1 is 0.949 bits per heavy atom. The van der Waals surface area contributed by atoms with E-state index < -0.39 is 0 Å². The number of anilines is 1. The van der Waals surface area contributed by atoms with Gasteiger partial charge < -0.3 is 15.0 Å². The number of nitrogens with one attached hydrogen (secondary N) is 1. The second-order valence-electron chi connectivity index (χ2n) is 11.9. The fourth-order valence-electron chi connectivity index (χ4n) is 4.86. The molecule has 39 heavy (non-hydrogen) atoms. The topological polar surface area (TPSA) is 41.6 Å². The van der Waals surface area contributed by atoms with Crippen LogP contribution in [0.25, 0.3) is 0 Å². The van der Waals surface area contributed by atoms with Gasteiger partial charge in [0.25, 0.3) is 5.91 Å². The highest BCUT2D eigenvalue weighted by atomic mass is 32.2. The molecule has 1 N–H and O–H groups in total. The Bertz CT molecular complexity index is 1070. The third kappa shape index (κ3) is 10.9. The van der Waals surface area contributed by atoms with Crippen molar-refractivity contribution in [1.82, 2.24) is 4.90 Å². The molecule has 0 saturated heterocycles. The summed E-state index contributed by atoms with van der Waals surface area (Å²) in [6.07, 6.45) is 15.1. The molecule has 0 radical (unpaired) electrons. The molecule has 0 atom stereocenters. The van der Waals surface area contributed by atoms with Crippen molar-refractivity contribution < 1.29 is 9.53 Å². The van der Waals surface area contributed by atoms with Crippen molar-refractivity contribution in [2.75, 3.05) is 17.8 Å². The lowest BCUT2D eigenvalue weighted by Gasteiger charge is -2.21. The summed E-state index contributed by atoms with van der Waals surface area (Å²) in [5.74, 6) is 1.53. The van der Waals surface area contributed by atoms with Gasteiger partial charge in [0.05, 0.1) is 18.0 Å². The summed E-state index contributed by atoms with van der Waals surface area (Å²) in [5.41, 5.74) is 3.74. The maximum atomic E-state index is 13.4. The first-order valence-electron chi connectivity index (χ1n) is 15.0. The number of ether oxygens (including phenoxy) is 1. The van der Waals surface area contributed by atoms with Crippen molar-refractivity contribution >= 4 is 23.4 Å². The van der Waals surface area contributed by atoms with Gasteiger partial charge in [0.2, 0.25) is 0 Å². The minimum atomic E-state index is -0.127. The Kier molecular flexibility index (Phi) is 12.8. The maximum absolute atomic E-state index is 13.4. The molecule has 0 aromatic heterocycles. The minimum absolute atomic E-state index is 0.0146. The smallest absolute Gasteiger partial charge is 0.259 e. The van der Waals surface area contributed by atoms with Gasteiger partial charge in [-0.1, -0.05) is 104 Å². The number of allylic oxidation sites excluding steroid dienone is 1. The van der Waals surface area contributed by atoms with Crippen LogP contribution in [0.3, 0.4) is 0 Å². The van der Waals surface area contributed by atoms with Crippen LogP contribution < -0.4 is 10.1 Å². The Labute approximate surface area is 242 Å². The molecule has 214 valence electrons. The molecule has 2 aromatic rings. The molecule has 0 saturated carbocycles. The van der Waals surface area contributed by atoms with Crippen molar-refractivity contribution in [2.24, 2.45) is 0 Å². The normalized spacial score (nSPS) is 13.5. The molecular formula is C34H50N2O2S. The SMILES string of the molecule is CCCCCCCCCCCCOc1cc(C(C)(C)C)ccc1C(=O)Nc1cccc(CN2C=C(C)SC2)c1. The van der Waals surface area contributed by atoms with E-state index in [4.69, 9.17) is 4.74 Å². The van der Waals surface area contributed by atoms with Gasteiger partial charge >= 0.3 is 0 Å². The standard InChI is InChI=1S/C34H50N2O2S/c1-6-7-8-9-10-11-12-13-14-15-21-38-32-23-29(34(3,4)5)19-20-31(32)33(37)35-30-18-16-17-28(22-30)25-36-24-27(2)39-26-36/h16-20,22-24H,6-15,21,25-26H2,1-5H3,(H,35,37). The number of thioether (sulfide) groups is 1. The molecule has 3 rings (SSSR count). The quantitative estimate of drug-likeness (QED) is 0.211. The monoisotopic (exact) mass is 550 g/mol. The van der Waals surface area contributed by atoms with E-state index in [1.54, 1.807) is 0 Å². The lowest BCUT2D eigenvalue weighted by atomic mass is 9.86. The molecule has 0 aliphatic carbocycles. The molecule has 4 nitrogen and oxygen atoms in total. The number of amides is 1. The molecule has 1 heterocycles. The van der Waals surface area contributed by atoms with Crippen molar-refractivity contribution in [1.29, 1.82) is 0 Å². The number of benzene rings is 2. The van der Waals surface area contributed by atoms with Gasteiger partial charge in [-0.15, -0.1) is 11.8 Å². The lowest BCUT2D eigenvalue weighted by molar-refractivity contribution is 0.102. The Morgan fingerprint density at radius 3 is 2.28 bits per heavy atom. The lowest BCUT2D eigenvalue weighted by Crippen LogP contribution is -2.17. The number of carbonyl (C=O) groups is 1. The second-order valence-corrected chi connectivity index (χ2v) is 13.1. The first-order chi connectivity index (χ1) is 18.8. The van der Waals surface area contributed by atoms with E-state index in [2.05, 4.69) is 75.3 Å². The highest BCUT2D eigenvalue weighted by Crippen LogP contribution is 2.30. The zero-order valence-electron chi connectivity index (χ0n) is 25.0. The summed E-state index contributed by atoms with van der Waals surface area (Å²) in [6.45, 7) is 12.5. The Hall–Kier alpha value is -2.40. The van der Waals surface area contributed by atoms with Gasteiger partial charge in [-0.25, -0.2) is 0 Å². The van der Waals surface area contributed by atoms with Gasteiger partial charge in [-0.2, -0.15) is 0 Å². The Morgan fingerprint density at radius 2 is 1.64 bits per heavy atom. The fraction of sp³-hybridized carbons (Fsp3) is 0.559. The first kappa shape index (κ1) is 31.1. The van der Waals surface area contributed by atoms with Crippen molar-refractivity contribution in [3.63, 3.8) is 0 Å². The number of hydrogen-bond donors (Lipinski definition) is 1. The summed E-state index contributed by atoms with van der Waals surface area (Å²) in [5, 5.41) is 3.12. The molecular weight excluding hydrogens is 500 g/mol. The van der Waals surface area contributed by atoms with Crippen LogP contribution in [0, 0.1) is 0 Å². The summed E-state index contributed by atoms with van der Waals surface area (Å²) >= 11 is 1.86. The third-order valence-electron chi connectivity index (χ3n) is 7.24. The number of carbonyl (C=O) groups excluding carboxylic acids is 1. The fourth-order valence-corrected chi connectivity index (χ4v) is 5.61. The maximum Gasteiger partial charge on any atom is 0.259 e. The summed E-state index contributed by atoms with van der Waals surface area (Å²) in [4.78, 5) is 17.0. The largest absolute Gasteiger partial charge is 0.493 e. The van der Waals surface area contributed by atoms with Gasteiger partial charge in [0.1, 0.15) is 5.75 Å². The number of nitrogens with zero attached hydrogens (tertiary/aromatic N) is 1. The minimum Gasteiger partial charge on any atom is -0.493 e. The van der Waals surface area contributed by atoms with Crippen LogP contribution in [0.2, 0.25) is 0 Å². The van der Waals surface area contributed by atoms with Crippen LogP contribution in [0.1, 0.15) is 120 Å². The van der Waals surface area contributed by atoms with Crippen LogP contribution in [0.5, 0.6) is 5.75 Å². The summed E-state index contributed by atoms with van der Waals surface area (Å²) in [7, 11) is 0. The number of rotatable bonds is 16. The summed E-state index contributed by atoms with van der Waals surface area (Å²) in [6, 6.07) is 14.2. The highest BCUT2D eigenvalue weighted by molar-refractivity contribution is 8.03. The van der Waals surface area contributed by atoms with Crippen LogP contribution in [0.4, 0.5) is 5.69 Å². The van der Waals surface area contributed by atoms with Crippen molar-refractivity contribution in [3.8, 4) is 5.75 Å². The predicted octanol–water partition coefficient (Wildman–Crippen LogP) is 9.90.